The van der Waals surface area contributed by atoms with Crippen molar-refractivity contribution in [2.24, 2.45) is 5.92 Å². The molecule has 30 heavy (non-hydrogen) atoms. The maximum Gasteiger partial charge on any atom is 0 e. The molecule has 0 aliphatic carbocycles. The summed E-state index contributed by atoms with van der Waals surface area (Å²) >= 11 is 1.48. The molecule has 0 N–H and O–H groups in total. The zero-order chi connectivity index (χ0) is 20.7. The smallest absolute Gasteiger partial charge is 0 e. The minimum absolute atomic E-state index is 0. The number of hydrogen-bond acceptors (Lipinski definition) is 5. The van der Waals surface area contributed by atoms with E-state index in [4.69, 9.17) is 4.52 Å². The molecule has 0 saturated carbocycles. The van der Waals surface area contributed by atoms with Crippen molar-refractivity contribution in [3.63, 3.8) is 0 Å². The Balaban J connectivity index is -0.000000153. The van der Waals surface area contributed by atoms with Gasteiger partial charge in [0.25, 0.3) is 0 Å². The molecule has 0 spiro atoms. The van der Waals surface area contributed by atoms with Gasteiger partial charge in [-0.3, -0.25) is 11.3 Å². The van der Waals surface area contributed by atoms with E-state index in [1.54, 1.807) is 12.3 Å². The van der Waals surface area contributed by atoms with E-state index in [1.165, 1.54) is 16.9 Å². The average molecular weight is 653 g/mol. The second kappa shape index (κ2) is 24.9. The van der Waals surface area contributed by atoms with Gasteiger partial charge in [0.05, 0.1) is 0 Å². The van der Waals surface area contributed by atoms with Gasteiger partial charge < -0.3 is 14.5 Å². The quantitative estimate of drug-likeness (QED) is 0.296. The molecule has 4 nitrogen and oxygen atoms in total. The van der Waals surface area contributed by atoms with E-state index in [-0.39, 0.29) is 98.1 Å². The first kappa shape index (κ1) is 38.6. The van der Waals surface area contributed by atoms with Crippen molar-refractivity contribution in [1.29, 1.82) is 0 Å². The van der Waals surface area contributed by atoms with Crippen LogP contribution in [0.4, 0.5) is 0 Å². The molecular weight excluding hydrogens is 621 g/mol. The molecule has 3 aromatic rings. The summed E-state index contributed by atoms with van der Waals surface area (Å²) in [5, 5.41) is 5.32. The largest absolute Gasteiger partial charge is 0.470 e. The van der Waals surface area contributed by atoms with Crippen LogP contribution in [0, 0.1) is 30.7 Å². The van der Waals surface area contributed by atoms with Crippen molar-refractivity contribution in [3.05, 3.63) is 64.7 Å². The molecule has 0 amide bonds. The number of aromatic nitrogens is 3. The number of thiazole rings is 1. The van der Waals surface area contributed by atoms with Crippen LogP contribution in [0.25, 0.3) is 0 Å². The standard InChI is InChI=1S/C9H12N.C6H8NO.C4H10.C3H2NS.3Y/c1-7(2)9-4-8(3)5-10-6-9;1-5(2)6-3-4-7-8-6;1-4(2)3;1-2-5-3-4-1;;;/h4,6-7H,1-3H3;3,5H,1-2H3;4H,1-3H3;1-2H;;;/q2*-1;;-1;;;. The van der Waals surface area contributed by atoms with Gasteiger partial charge in [0.1, 0.15) is 0 Å². The fourth-order valence-electron chi connectivity index (χ4n) is 1.46. The van der Waals surface area contributed by atoms with E-state index in [0.29, 0.717) is 11.8 Å². The number of nitrogens with zero attached hydrogens (tertiary/aromatic N) is 3. The third-order valence-electron chi connectivity index (χ3n) is 2.79. The third kappa shape index (κ3) is 24.0. The van der Waals surface area contributed by atoms with Crippen molar-refractivity contribution in [2.45, 2.75) is 67.2 Å². The Morgan fingerprint density at radius 3 is 1.77 bits per heavy atom. The van der Waals surface area contributed by atoms with E-state index < -0.39 is 0 Å². The summed E-state index contributed by atoms with van der Waals surface area (Å²) in [7, 11) is 0. The van der Waals surface area contributed by atoms with E-state index in [2.05, 4.69) is 73.7 Å². The number of pyridine rings is 1. The summed E-state index contributed by atoms with van der Waals surface area (Å²) in [6, 6.07) is 3.88. The van der Waals surface area contributed by atoms with Gasteiger partial charge in [0.2, 0.25) is 0 Å². The predicted molar refractivity (Wildman–Crippen MR) is 113 cm³/mol. The van der Waals surface area contributed by atoms with Crippen LogP contribution in [0.3, 0.4) is 0 Å². The van der Waals surface area contributed by atoms with Crippen LogP contribution < -0.4 is 0 Å². The van der Waals surface area contributed by atoms with Crippen molar-refractivity contribution in [1.82, 2.24) is 15.1 Å². The van der Waals surface area contributed by atoms with Gasteiger partial charge in [-0.15, -0.1) is 28.9 Å². The zero-order valence-corrected chi connectivity index (χ0v) is 28.8. The summed E-state index contributed by atoms with van der Waals surface area (Å²) < 4.78 is 4.79. The Hall–Kier alpha value is 1.30. The van der Waals surface area contributed by atoms with Crippen LogP contribution in [0.2, 0.25) is 0 Å². The van der Waals surface area contributed by atoms with Gasteiger partial charge in [-0.25, -0.2) is 5.16 Å². The Kier molecular flexibility index (Phi) is 32.0. The zero-order valence-electron chi connectivity index (χ0n) is 19.5. The molecule has 3 heterocycles. The third-order valence-corrected chi connectivity index (χ3v) is 3.26. The Morgan fingerprint density at radius 1 is 0.933 bits per heavy atom. The molecule has 0 aliphatic rings. The van der Waals surface area contributed by atoms with Gasteiger partial charge in [0.15, 0.2) is 0 Å². The Bertz CT molecular complexity index is 657. The topological polar surface area (TPSA) is 51.8 Å². The second-order valence-corrected chi connectivity index (χ2v) is 7.91. The normalized spacial score (nSPS) is 8.77. The molecule has 3 aromatic heterocycles. The first-order valence-electron chi connectivity index (χ1n) is 9.16. The van der Waals surface area contributed by atoms with Gasteiger partial charge in [-0.05, 0) is 23.1 Å². The van der Waals surface area contributed by atoms with Crippen LogP contribution in [0.1, 0.15) is 77.2 Å². The summed E-state index contributed by atoms with van der Waals surface area (Å²) in [4.78, 5) is 7.60. The number of rotatable bonds is 2. The molecule has 8 heteroatoms. The first-order valence-corrected chi connectivity index (χ1v) is 10.0. The van der Waals surface area contributed by atoms with E-state index in [0.717, 1.165) is 17.2 Å². The van der Waals surface area contributed by atoms with Crippen LogP contribution in [0.15, 0.2) is 34.4 Å². The molecule has 0 unspecified atom stereocenters. The first-order chi connectivity index (χ1) is 12.7. The van der Waals surface area contributed by atoms with E-state index in [9.17, 15) is 0 Å². The predicted octanol–water partition coefficient (Wildman–Crippen LogP) is 6.51. The van der Waals surface area contributed by atoms with Gasteiger partial charge in [-0.2, -0.15) is 12.1 Å². The molecule has 0 saturated heterocycles. The minimum atomic E-state index is 0. The van der Waals surface area contributed by atoms with Crippen molar-refractivity contribution < 1.29 is 103 Å². The fraction of sp³-hybridized carbons (Fsp3) is 0.500. The van der Waals surface area contributed by atoms with Crippen molar-refractivity contribution >= 4 is 11.3 Å². The molecule has 159 valence electrons. The molecule has 0 fully saturated rings. The molecular formula is C22H32N3OSY3-3. The summed E-state index contributed by atoms with van der Waals surface area (Å²) in [6.07, 6.45) is 9.06. The molecule has 3 rings (SSSR count). The second-order valence-electron chi connectivity index (χ2n) is 7.22. The minimum Gasteiger partial charge on any atom is -0.470 e. The summed E-state index contributed by atoms with van der Waals surface area (Å²) in [5.41, 5.74) is 5.06. The maximum absolute atomic E-state index is 4.79. The maximum atomic E-state index is 4.79. The molecule has 0 aliphatic heterocycles. The molecule has 3 radical (unpaired) electrons. The number of hydrogen-bond donors (Lipinski definition) is 0. The van der Waals surface area contributed by atoms with Gasteiger partial charge in [-0.1, -0.05) is 73.7 Å². The Morgan fingerprint density at radius 2 is 1.53 bits per heavy atom. The van der Waals surface area contributed by atoms with Crippen LogP contribution in [-0.4, -0.2) is 15.1 Å². The van der Waals surface area contributed by atoms with Crippen molar-refractivity contribution in [3.8, 4) is 0 Å². The van der Waals surface area contributed by atoms with Crippen LogP contribution in [-0.2, 0) is 98.1 Å². The van der Waals surface area contributed by atoms with E-state index in [1.807, 2.05) is 32.3 Å². The van der Waals surface area contributed by atoms with Crippen LogP contribution in [0.5, 0.6) is 0 Å². The fourth-order valence-corrected chi connectivity index (χ4v) is 1.77. The monoisotopic (exact) mass is 653 g/mol. The van der Waals surface area contributed by atoms with E-state index >= 15 is 0 Å². The van der Waals surface area contributed by atoms with Gasteiger partial charge >= 0.3 is 0 Å². The SMILES string of the molecule is CC(C)C.CC(C)c1c[c-]no1.Cc1[c-]ncc(C(C)C)c1.[Y].[Y].[Y].[c-]1nccs1. The average Bonchev–Trinajstić information content (AvgIpc) is 3.31. The molecule has 0 bridgehead atoms. The summed E-state index contributed by atoms with van der Waals surface area (Å²) in [6.45, 7) is 16.9. The van der Waals surface area contributed by atoms with Crippen molar-refractivity contribution in [2.75, 3.05) is 0 Å². The van der Waals surface area contributed by atoms with Gasteiger partial charge in [0, 0.05) is 98.1 Å². The molecule has 0 aromatic carbocycles. The Labute approximate surface area is 263 Å². The van der Waals surface area contributed by atoms with Crippen LogP contribution >= 0.6 is 11.3 Å². The summed E-state index contributed by atoms with van der Waals surface area (Å²) in [5.74, 6) is 2.72. The molecule has 0 atom stereocenters. The number of aryl methyl sites for hydroxylation is 1.